The molecule has 0 aliphatic carbocycles. The molecule has 0 bridgehead atoms. The summed E-state index contributed by atoms with van der Waals surface area (Å²) in [6.07, 6.45) is 1.71. The van der Waals surface area contributed by atoms with Gasteiger partial charge in [-0.05, 0) is 62.4 Å². The minimum atomic E-state index is -1.12. The Morgan fingerprint density at radius 2 is 1.80 bits per heavy atom. The predicted molar refractivity (Wildman–Crippen MR) is 121 cm³/mol. The van der Waals surface area contributed by atoms with Crippen LogP contribution in [0.5, 0.6) is 5.75 Å². The Kier molecular flexibility index (Phi) is 5.70. The molecule has 5 nitrogen and oxygen atoms in total. The first-order valence-electron chi connectivity index (χ1n) is 9.44. The summed E-state index contributed by atoms with van der Waals surface area (Å²) in [6.45, 7) is 3.80. The number of anilines is 1. The zero-order valence-electron chi connectivity index (χ0n) is 16.6. The molecule has 4 rings (SSSR count). The molecule has 2 aromatic heterocycles. The largest absolute Gasteiger partial charge is 0.478 e. The molecule has 0 aliphatic rings. The third-order valence-electron chi connectivity index (χ3n) is 4.51. The van der Waals surface area contributed by atoms with Crippen molar-refractivity contribution in [2.75, 3.05) is 4.90 Å². The number of hydrogen-bond donors (Lipinski definition) is 0. The summed E-state index contributed by atoms with van der Waals surface area (Å²) >= 11 is 7.43. The first-order chi connectivity index (χ1) is 14.4. The molecule has 30 heavy (non-hydrogen) atoms. The Morgan fingerprint density at radius 1 is 1.07 bits per heavy atom. The maximum absolute atomic E-state index is 13.6. The molecular weight excluding hydrogens is 418 g/mol. The van der Waals surface area contributed by atoms with E-state index in [1.54, 1.807) is 49.2 Å². The molecule has 0 saturated heterocycles. The fraction of sp³-hybridized carbons (Fsp3) is 0.174. The van der Waals surface area contributed by atoms with Crippen LogP contribution in [0.3, 0.4) is 0 Å². The van der Waals surface area contributed by atoms with Crippen molar-refractivity contribution in [3.63, 3.8) is 0 Å². The van der Waals surface area contributed by atoms with Gasteiger partial charge in [-0.2, -0.15) is 0 Å². The third-order valence-corrected chi connectivity index (χ3v) is 5.82. The van der Waals surface area contributed by atoms with E-state index in [4.69, 9.17) is 16.3 Å². The Morgan fingerprint density at radius 3 is 2.50 bits per heavy atom. The molecule has 1 amide bonds. The number of carbonyl (C=O) groups excluding carboxylic acids is 1. The fourth-order valence-corrected chi connectivity index (χ4v) is 4.11. The molecule has 0 fully saturated rings. The van der Waals surface area contributed by atoms with Gasteiger partial charge in [-0.1, -0.05) is 41.1 Å². The number of para-hydroxylation sites is 1. The lowest BCUT2D eigenvalue weighted by Gasteiger charge is -2.31. The first-order valence-corrected chi connectivity index (χ1v) is 10.6. The van der Waals surface area contributed by atoms with Crippen LogP contribution in [-0.4, -0.2) is 21.5 Å². The highest BCUT2D eigenvalue weighted by Gasteiger charge is 2.36. The number of hydrogen-bond acceptors (Lipinski definition) is 5. The van der Waals surface area contributed by atoms with E-state index in [-0.39, 0.29) is 5.91 Å². The number of pyridine rings is 1. The second kappa shape index (κ2) is 8.42. The predicted octanol–water partition coefficient (Wildman–Crippen LogP) is 5.74. The van der Waals surface area contributed by atoms with E-state index in [2.05, 4.69) is 9.97 Å². The van der Waals surface area contributed by atoms with Crippen LogP contribution in [0.2, 0.25) is 5.02 Å². The maximum atomic E-state index is 13.6. The van der Waals surface area contributed by atoms with Crippen LogP contribution in [0.25, 0.3) is 10.2 Å². The molecule has 152 valence electrons. The van der Waals surface area contributed by atoms with Gasteiger partial charge in [-0.25, -0.2) is 4.98 Å². The van der Waals surface area contributed by atoms with Crippen LogP contribution in [-0.2, 0) is 11.3 Å². The highest BCUT2D eigenvalue weighted by Crippen LogP contribution is 2.32. The van der Waals surface area contributed by atoms with Crippen molar-refractivity contribution in [3.05, 3.63) is 83.6 Å². The summed E-state index contributed by atoms with van der Waals surface area (Å²) in [5.41, 5.74) is 0.501. The lowest BCUT2D eigenvalue weighted by Crippen LogP contribution is -2.49. The van der Waals surface area contributed by atoms with Gasteiger partial charge in [-0.3, -0.25) is 14.7 Å². The van der Waals surface area contributed by atoms with E-state index in [0.29, 0.717) is 22.4 Å². The monoisotopic (exact) mass is 437 g/mol. The second-order valence-corrected chi connectivity index (χ2v) is 8.69. The topological polar surface area (TPSA) is 55.3 Å². The third kappa shape index (κ3) is 4.45. The van der Waals surface area contributed by atoms with Crippen molar-refractivity contribution in [2.24, 2.45) is 0 Å². The number of rotatable bonds is 6. The summed E-state index contributed by atoms with van der Waals surface area (Å²) in [5, 5.41) is 1.22. The van der Waals surface area contributed by atoms with E-state index in [9.17, 15) is 4.79 Å². The average Bonchev–Trinajstić information content (AvgIpc) is 3.18. The van der Waals surface area contributed by atoms with Gasteiger partial charge in [0.05, 0.1) is 22.5 Å². The smallest absolute Gasteiger partial charge is 0.272 e. The van der Waals surface area contributed by atoms with Gasteiger partial charge in [0.1, 0.15) is 5.75 Å². The summed E-state index contributed by atoms with van der Waals surface area (Å²) in [6, 6.07) is 20.4. The molecule has 0 N–H and O–H groups in total. The Bertz CT molecular complexity index is 1130. The highest BCUT2D eigenvalue weighted by molar-refractivity contribution is 7.22. The molecule has 0 atom stereocenters. The van der Waals surface area contributed by atoms with E-state index in [1.807, 2.05) is 42.5 Å². The quantitative estimate of drug-likeness (QED) is 0.386. The lowest BCUT2D eigenvalue weighted by molar-refractivity contribution is -0.131. The molecule has 0 radical (unpaired) electrons. The fourth-order valence-electron chi connectivity index (χ4n) is 3.02. The van der Waals surface area contributed by atoms with Gasteiger partial charge in [0.2, 0.25) is 0 Å². The molecule has 2 heterocycles. The highest BCUT2D eigenvalue weighted by atomic mass is 35.5. The zero-order chi connectivity index (χ0) is 21.1. The minimum Gasteiger partial charge on any atom is -0.478 e. The molecule has 4 aromatic rings. The van der Waals surface area contributed by atoms with Crippen molar-refractivity contribution < 1.29 is 9.53 Å². The van der Waals surface area contributed by atoms with E-state index < -0.39 is 5.60 Å². The number of ether oxygens (including phenoxy) is 1. The number of nitrogens with zero attached hydrogens (tertiary/aromatic N) is 3. The van der Waals surface area contributed by atoms with Gasteiger partial charge in [-0.15, -0.1) is 0 Å². The van der Waals surface area contributed by atoms with E-state index in [0.717, 1.165) is 15.9 Å². The van der Waals surface area contributed by atoms with Crippen LogP contribution in [0.15, 0.2) is 72.9 Å². The molecule has 7 heteroatoms. The SMILES string of the molecule is CC(C)(Oc1ccc(Cl)cc1)C(=O)N(Cc1ccccn1)c1nc2ccccc2s1. The Labute approximate surface area is 183 Å². The molecule has 0 saturated carbocycles. The van der Waals surface area contributed by atoms with Crippen LogP contribution in [0, 0.1) is 0 Å². The van der Waals surface area contributed by atoms with Crippen molar-refractivity contribution in [2.45, 2.75) is 26.0 Å². The Balaban J connectivity index is 1.68. The van der Waals surface area contributed by atoms with Crippen molar-refractivity contribution in [3.8, 4) is 5.75 Å². The zero-order valence-corrected chi connectivity index (χ0v) is 18.2. The van der Waals surface area contributed by atoms with Gasteiger partial charge in [0, 0.05) is 11.2 Å². The molecule has 0 spiro atoms. The number of amides is 1. The van der Waals surface area contributed by atoms with Gasteiger partial charge < -0.3 is 4.74 Å². The maximum Gasteiger partial charge on any atom is 0.272 e. The first kappa shape index (κ1) is 20.3. The lowest BCUT2D eigenvalue weighted by atomic mass is 10.1. The van der Waals surface area contributed by atoms with Gasteiger partial charge >= 0.3 is 0 Å². The summed E-state index contributed by atoms with van der Waals surface area (Å²) in [7, 11) is 0. The summed E-state index contributed by atoms with van der Waals surface area (Å²) in [4.78, 5) is 24.3. The number of thiazole rings is 1. The van der Waals surface area contributed by atoms with Gasteiger partial charge in [0.15, 0.2) is 10.7 Å². The van der Waals surface area contributed by atoms with Crippen LogP contribution in [0.4, 0.5) is 5.13 Å². The van der Waals surface area contributed by atoms with Crippen molar-refractivity contribution in [1.29, 1.82) is 0 Å². The number of benzene rings is 2. The molecule has 2 aromatic carbocycles. The van der Waals surface area contributed by atoms with Crippen molar-refractivity contribution in [1.82, 2.24) is 9.97 Å². The van der Waals surface area contributed by atoms with E-state index in [1.165, 1.54) is 11.3 Å². The normalized spacial score (nSPS) is 11.4. The van der Waals surface area contributed by atoms with Gasteiger partial charge in [0.25, 0.3) is 5.91 Å². The molecular formula is C23H20ClN3O2S. The summed E-state index contributed by atoms with van der Waals surface area (Å²) < 4.78 is 7.06. The average molecular weight is 438 g/mol. The standard InChI is InChI=1S/C23H20ClN3O2S/c1-23(2,29-18-12-10-16(24)11-13-18)21(28)27(15-17-7-5-6-14-25-17)22-26-19-8-3-4-9-20(19)30-22/h3-14H,15H2,1-2H3. The van der Waals surface area contributed by atoms with Crippen LogP contribution >= 0.6 is 22.9 Å². The number of carbonyl (C=O) groups is 1. The van der Waals surface area contributed by atoms with Crippen molar-refractivity contribution >= 4 is 44.2 Å². The number of aromatic nitrogens is 2. The number of halogens is 1. The summed E-state index contributed by atoms with van der Waals surface area (Å²) in [5.74, 6) is 0.363. The number of fused-ring (bicyclic) bond motifs is 1. The second-order valence-electron chi connectivity index (χ2n) is 7.24. The van der Waals surface area contributed by atoms with Crippen LogP contribution < -0.4 is 9.64 Å². The molecule has 0 unspecified atom stereocenters. The minimum absolute atomic E-state index is 0.206. The van der Waals surface area contributed by atoms with Crippen LogP contribution in [0.1, 0.15) is 19.5 Å². The Hall–Kier alpha value is -2.96. The van der Waals surface area contributed by atoms with E-state index >= 15 is 0 Å². The molecule has 0 aliphatic heterocycles.